The number of rotatable bonds is 10. The van der Waals surface area contributed by atoms with Gasteiger partial charge in [0.1, 0.15) is 0 Å². The fourth-order valence-corrected chi connectivity index (χ4v) is 3.40. The number of carbonyl (C=O) groups is 4. The quantitative estimate of drug-likeness (QED) is 0.299. The third-order valence-corrected chi connectivity index (χ3v) is 5.00. The van der Waals surface area contributed by atoms with E-state index in [2.05, 4.69) is 13.8 Å². The summed E-state index contributed by atoms with van der Waals surface area (Å²) in [5, 5.41) is 0. The second kappa shape index (κ2) is 11.7. The molecule has 0 aliphatic rings. The molecule has 0 saturated heterocycles. The van der Waals surface area contributed by atoms with E-state index in [-0.39, 0.29) is 24.8 Å². The van der Waals surface area contributed by atoms with Crippen molar-refractivity contribution >= 4 is 34.7 Å². The number of ether oxygens (including phenoxy) is 2. The molecule has 0 radical (unpaired) electrons. The summed E-state index contributed by atoms with van der Waals surface area (Å²) in [5.41, 5.74) is 5.26. The number of ketones is 2. The molecule has 32 heavy (non-hydrogen) atoms. The lowest BCUT2D eigenvalue weighted by molar-refractivity contribution is -0.140. The van der Waals surface area contributed by atoms with Gasteiger partial charge in [0, 0.05) is 25.0 Å². The molecule has 0 aromatic heterocycles. The van der Waals surface area contributed by atoms with Crippen LogP contribution in [-0.2, 0) is 19.1 Å². The van der Waals surface area contributed by atoms with E-state index in [4.69, 9.17) is 9.47 Å². The maximum absolute atomic E-state index is 12.1. The number of allylic oxidation sites excluding steroid dienone is 2. The first-order valence-corrected chi connectivity index (χ1v) is 10.5. The maximum atomic E-state index is 12.1. The number of benzene rings is 2. The Balaban J connectivity index is 2.27. The Kier molecular flexibility index (Phi) is 9.08. The van der Waals surface area contributed by atoms with Crippen LogP contribution >= 0.6 is 0 Å². The number of hydrogen-bond acceptors (Lipinski definition) is 6. The van der Waals surface area contributed by atoms with Crippen molar-refractivity contribution in [3.63, 3.8) is 0 Å². The Labute approximate surface area is 188 Å². The first-order chi connectivity index (χ1) is 15.3. The van der Waals surface area contributed by atoms with E-state index in [1.807, 2.05) is 24.3 Å². The van der Waals surface area contributed by atoms with E-state index in [1.165, 1.54) is 13.8 Å². The molecule has 0 atom stereocenters. The van der Waals surface area contributed by atoms with E-state index < -0.39 is 11.9 Å². The Morgan fingerprint density at radius 3 is 1.09 bits per heavy atom. The molecular formula is C26H28O6. The molecule has 0 heterocycles. The zero-order valence-electron chi connectivity index (χ0n) is 18.9. The third-order valence-electron chi connectivity index (χ3n) is 5.00. The lowest BCUT2D eigenvalue weighted by Crippen LogP contribution is -2.12. The van der Waals surface area contributed by atoms with Crippen molar-refractivity contribution in [3.8, 4) is 0 Å². The molecule has 6 heteroatoms. The predicted molar refractivity (Wildman–Crippen MR) is 122 cm³/mol. The van der Waals surface area contributed by atoms with Gasteiger partial charge in [0.05, 0.1) is 0 Å². The van der Waals surface area contributed by atoms with Crippen molar-refractivity contribution in [1.82, 2.24) is 0 Å². The van der Waals surface area contributed by atoms with Gasteiger partial charge >= 0.3 is 11.9 Å². The summed E-state index contributed by atoms with van der Waals surface area (Å²) in [5.74, 6) is -1.48. The second-order valence-corrected chi connectivity index (χ2v) is 7.23. The van der Waals surface area contributed by atoms with Crippen molar-refractivity contribution in [1.29, 1.82) is 0 Å². The predicted octanol–water partition coefficient (Wildman–Crippen LogP) is 4.91. The normalized spacial score (nSPS) is 11.4. The average molecular weight is 437 g/mol. The molecule has 0 unspecified atom stereocenters. The van der Waals surface area contributed by atoms with Crippen LogP contribution in [0.3, 0.4) is 0 Å². The Hall–Kier alpha value is -3.54. The Bertz CT molecular complexity index is 930. The molecule has 6 nitrogen and oxygen atoms in total. The highest BCUT2D eigenvalue weighted by molar-refractivity contribution is 6.00. The fourth-order valence-electron chi connectivity index (χ4n) is 3.40. The monoisotopic (exact) mass is 436 g/mol. The Morgan fingerprint density at radius 1 is 0.562 bits per heavy atom. The first kappa shape index (κ1) is 24.7. The van der Waals surface area contributed by atoms with Crippen LogP contribution in [0.5, 0.6) is 0 Å². The minimum Gasteiger partial charge on any atom is -0.457 e. The number of Topliss-reactive ketones (excluding diaryl/α,β-unsaturated/α-hetero) is 2. The highest BCUT2D eigenvalue weighted by Gasteiger charge is 2.13. The molecule has 2 rings (SSSR count). The first-order valence-electron chi connectivity index (χ1n) is 10.5. The largest absolute Gasteiger partial charge is 0.457 e. The minimum absolute atomic E-state index is 0.251. The lowest BCUT2D eigenvalue weighted by Gasteiger charge is -2.15. The molecule has 2 aromatic carbocycles. The molecule has 168 valence electrons. The summed E-state index contributed by atoms with van der Waals surface area (Å²) in [6, 6.07) is 14.5. The number of carbonyl (C=O) groups excluding carboxylic acids is 4. The molecule has 0 amide bonds. The van der Waals surface area contributed by atoms with E-state index in [9.17, 15) is 19.2 Å². The molecular weight excluding hydrogens is 408 g/mol. The third kappa shape index (κ3) is 6.74. The van der Waals surface area contributed by atoms with Gasteiger partial charge in [-0.3, -0.25) is 19.2 Å². The van der Waals surface area contributed by atoms with Gasteiger partial charge < -0.3 is 9.47 Å². The zero-order valence-corrected chi connectivity index (χ0v) is 18.9. The topological polar surface area (TPSA) is 86.7 Å². The van der Waals surface area contributed by atoms with Gasteiger partial charge in [-0.1, -0.05) is 62.4 Å². The summed E-state index contributed by atoms with van der Waals surface area (Å²) in [6.45, 7) is 6.14. The minimum atomic E-state index is -0.488. The van der Waals surface area contributed by atoms with Crippen molar-refractivity contribution in [2.45, 2.75) is 40.5 Å². The van der Waals surface area contributed by atoms with Crippen LogP contribution in [0.1, 0.15) is 72.4 Å². The van der Waals surface area contributed by atoms with Crippen molar-refractivity contribution in [3.05, 3.63) is 70.8 Å². The van der Waals surface area contributed by atoms with E-state index in [0.29, 0.717) is 11.1 Å². The molecule has 0 fully saturated rings. The smallest absolute Gasteiger partial charge is 0.303 e. The standard InChI is InChI=1S/C26H28O6/c1-5-23(19-7-11-21(12-8-19)25(29)15-31-17(3)27)24(6-2)20-9-13-22(14-10-20)26(30)16-32-18(4)28/h7-14H,5-6,15-16H2,1-4H3. The summed E-state index contributed by atoms with van der Waals surface area (Å²) < 4.78 is 9.55. The van der Waals surface area contributed by atoms with Crippen LogP contribution in [0, 0.1) is 0 Å². The van der Waals surface area contributed by atoms with E-state index in [1.54, 1.807) is 24.3 Å². The van der Waals surface area contributed by atoms with Gasteiger partial charge in [0.2, 0.25) is 0 Å². The van der Waals surface area contributed by atoms with Crippen molar-refractivity contribution < 1.29 is 28.7 Å². The molecule has 0 N–H and O–H groups in total. The van der Waals surface area contributed by atoms with Crippen LogP contribution < -0.4 is 0 Å². The van der Waals surface area contributed by atoms with Gasteiger partial charge in [-0.25, -0.2) is 0 Å². The van der Waals surface area contributed by atoms with Crippen LogP contribution in [0.15, 0.2) is 48.5 Å². The van der Waals surface area contributed by atoms with Gasteiger partial charge in [-0.05, 0) is 35.1 Å². The Morgan fingerprint density at radius 2 is 0.844 bits per heavy atom. The van der Waals surface area contributed by atoms with Crippen molar-refractivity contribution in [2.75, 3.05) is 13.2 Å². The maximum Gasteiger partial charge on any atom is 0.303 e. The van der Waals surface area contributed by atoms with Gasteiger partial charge in [-0.15, -0.1) is 0 Å². The fraction of sp³-hybridized carbons (Fsp3) is 0.308. The van der Waals surface area contributed by atoms with Gasteiger partial charge in [0.15, 0.2) is 24.8 Å². The van der Waals surface area contributed by atoms with Crippen LogP contribution in [0.2, 0.25) is 0 Å². The second-order valence-electron chi connectivity index (χ2n) is 7.23. The highest BCUT2D eigenvalue weighted by Crippen LogP contribution is 2.31. The highest BCUT2D eigenvalue weighted by atomic mass is 16.5. The number of esters is 2. The number of hydrogen-bond donors (Lipinski definition) is 0. The lowest BCUT2D eigenvalue weighted by atomic mass is 9.90. The molecule has 2 aromatic rings. The zero-order chi connectivity index (χ0) is 23.7. The van der Waals surface area contributed by atoms with Crippen LogP contribution in [0.4, 0.5) is 0 Å². The van der Waals surface area contributed by atoms with Crippen molar-refractivity contribution in [2.24, 2.45) is 0 Å². The van der Waals surface area contributed by atoms with Gasteiger partial charge in [0.25, 0.3) is 0 Å². The summed E-state index contributed by atoms with van der Waals surface area (Å²) >= 11 is 0. The molecule has 0 saturated carbocycles. The van der Waals surface area contributed by atoms with E-state index >= 15 is 0 Å². The van der Waals surface area contributed by atoms with Gasteiger partial charge in [-0.2, -0.15) is 0 Å². The summed E-state index contributed by atoms with van der Waals surface area (Å²) in [7, 11) is 0. The SMILES string of the molecule is CCC(=C(CC)c1ccc(C(=O)COC(C)=O)cc1)c1ccc(C(=O)COC(C)=O)cc1. The molecule has 0 bridgehead atoms. The molecule has 0 aliphatic carbocycles. The molecule has 0 aliphatic heterocycles. The summed E-state index contributed by atoms with van der Waals surface area (Å²) in [4.78, 5) is 46.1. The van der Waals surface area contributed by atoms with Crippen LogP contribution in [0.25, 0.3) is 11.1 Å². The van der Waals surface area contributed by atoms with Crippen LogP contribution in [-0.4, -0.2) is 36.7 Å². The summed E-state index contributed by atoms with van der Waals surface area (Å²) in [6.07, 6.45) is 1.58. The average Bonchev–Trinajstić information content (AvgIpc) is 2.79. The molecule has 0 spiro atoms. The van der Waals surface area contributed by atoms with E-state index in [0.717, 1.165) is 35.1 Å².